The molecule has 0 unspecified atom stereocenters. The summed E-state index contributed by atoms with van der Waals surface area (Å²) in [7, 11) is 3.14. The number of phenols is 1. The molecule has 0 aromatic heterocycles. The fourth-order valence-corrected chi connectivity index (χ4v) is 2.14. The molecule has 0 saturated heterocycles. The van der Waals surface area contributed by atoms with Crippen LogP contribution in [0.15, 0.2) is 42.5 Å². The van der Waals surface area contributed by atoms with Crippen molar-refractivity contribution in [2.24, 2.45) is 5.73 Å². The summed E-state index contributed by atoms with van der Waals surface area (Å²) in [5.74, 6) is 0.0364. The van der Waals surface area contributed by atoms with Crippen LogP contribution in [0, 0.1) is 0 Å². The van der Waals surface area contributed by atoms with E-state index in [-0.39, 0.29) is 11.7 Å². The van der Waals surface area contributed by atoms with Gasteiger partial charge in [-0.25, -0.2) is 0 Å². The number of nitrogens with zero attached hydrogens (tertiary/aromatic N) is 1. The smallest absolute Gasteiger partial charge is 0.258 e. The fourth-order valence-electron chi connectivity index (χ4n) is 2.14. The van der Waals surface area contributed by atoms with Crippen LogP contribution in [0.1, 0.15) is 15.9 Å². The van der Waals surface area contributed by atoms with E-state index in [2.05, 4.69) is 0 Å². The molecule has 5 nitrogen and oxygen atoms in total. The molecule has 0 saturated carbocycles. The first kappa shape index (κ1) is 14.9. The van der Waals surface area contributed by atoms with E-state index in [0.29, 0.717) is 17.9 Å². The molecule has 2 rings (SSSR count). The lowest BCUT2D eigenvalue weighted by Crippen LogP contribution is -2.27. The number of methoxy groups -OCH3 is 1. The van der Waals surface area contributed by atoms with Crippen molar-refractivity contribution in [1.29, 1.82) is 0 Å². The first-order valence-corrected chi connectivity index (χ1v) is 6.51. The fraction of sp³-hybridized carbons (Fsp3) is 0.188. The first-order chi connectivity index (χ1) is 10.1. The minimum absolute atomic E-state index is 0.0659. The predicted octanol–water partition coefficient (Wildman–Crippen LogP) is 2.14. The molecule has 0 bridgehead atoms. The topological polar surface area (TPSA) is 75.8 Å². The Morgan fingerprint density at radius 1 is 1.29 bits per heavy atom. The summed E-state index contributed by atoms with van der Waals surface area (Å²) in [5.41, 5.74) is 7.70. The quantitative estimate of drug-likeness (QED) is 0.903. The number of hydrogen-bond acceptors (Lipinski definition) is 4. The minimum Gasteiger partial charge on any atom is -0.504 e. The standard InChI is InChI=1S/C16H18N2O3/c1-18(13-6-4-3-5-12(13)10-17)16(20)11-7-8-15(21-2)14(19)9-11/h3-9,19H,10,17H2,1-2H3. The highest BCUT2D eigenvalue weighted by Crippen LogP contribution is 2.28. The van der Waals surface area contributed by atoms with Crippen LogP contribution in [0.2, 0.25) is 0 Å². The number of rotatable bonds is 4. The molecule has 110 valence electrons. The average molecular weight is 286 g/mol. The number of phenolic OH excluding ortho intramolecular Hbond substituents is 1. The molecule has 0 heterocycles. The molecule has 2 aromatic carbocycles. The van der Waals surface area contributed by atoms with Gasteiger partial charge in [0, 0.05) is 24.8 Å². The molecule has 21 heavy (non-hydrogen) atoms. The van der Waals surface area contributed by atoms with Crippen LogP contribution in [0.25, 0.3) is 0 Å². The van der Waals surface area contributed by atoms with Crippen molar-refractivity contribution in [3.8, 4) is 11.5 Å². The molecular weight excluding hydrogens is 268 g/mol. The number of carbonyl (C=O) groups excluding carboxylic acids is 1. The first-order valence-electron chi connectivity index (χ1n) is 6.51. The van der Waals surface area contributed by atoms with Crippen LogP contribution in [-0.4, -0.2) is 25.2 Å². The molecule has 3 N–H and O–H groups in total. The maximum atomic E-state index is 12.5. The van der Waals surface area contributed by atoms with Crippen LogP contribution in [0.5, 0.6) is 11.5 Å². The van der Waals surface area contributed by atoms with Gasteiger partial charge in [-0.3, -0.25) is 4.79 Å². The minimum atomic E-state index is -0.228. The van der Waals surface area contributed by atoms with Crippen molar-refractivity contribution in [3.05, 3.63) is 53.6 Å². The lowest BCUT2D eigenvalue weighted by molar-refractivity contribution is 0.0992. The average Bonchev–Trinajstić information content (AvgIpc) is 2.53. The Hall–Kier alpha value is -2.53. The number of benzene rings is 2. The molecule has 2 aromatic rings. The Balaban J connectivity index is 2.33. The van der Waals surface area contributed by atoms with E-state index in [0.717, 1.165) is 11.3 Å². The second-order valence-electron chi connectivity index (χ2n) is 4.58. The Kier molecular flexibility index (Phi) is 4.45. The lowest BCUT2D eigenvalue weighted by Gasteiger charge is -2.20. The number of anilines is 1. The summed E-state index contributed by atoms with van der Waals surface area (Å²) < 4.78 is 4.97. The number of hydrogen-bond donors (Lipinski definition) is 2. The van der Waals surface area contributed by atoms with E-state index < -0.39 is 0 Å². The molecule has 5 heteroatoms. The number of para-hydroxylation sites is 1. The van der Waals surface area contributed by atoms with E-state index in [1.165, 1.54) is 18.1 Å². The number of carbonyl (C=O) groups is 1. The normalized spacial score (nSPS) is 10.2. The molecular formula is C16H18N2O3. The van der Waals surface area contributed by atoms with Crippen molar-refractivity contribution >= 4 is 11.6 Å². The van der Waals surface area contributed by atoms with Crippen LogP contribution >= 0.6 is 0 Å². The van der Waals surface area contributed by atoms with E-state index in [9.17, 15) is 9.90 Å². The molecule has 0 radical (unpaired) electrons. The third-order valence-corrected chi connectivity index (χ3v) is 3.30. The lowest BCUT2D eigenvalue weighted by atomic mass is 10.1. The van der Waals surface area contributed by atoms with E-state index in [1.54, 1.807) is 19.2 Å². The predicted molar refractivity (Wildman–Crippen MR) is 81.7 cm³/mol. The number of amides is 1. The van der Waals surface area contributed by atoms with Crippen LogP contribution < -0.4 is 15.4 Å². The van der Waals surface area contributed by atoms with Crippen molar-refractivity contribution in [1.82, 2.24) is 0 Å². The Morgan fingerprint density at radius 3 is 2.62 bits per heavy atom. The SMILES string of the molecule is COc1ccc(C(=O)N(C)c2ccccc2CN)cc1O. The van der Waals surface area contributed by atoms with Crippen LogP contribution in [0.3, 0.4) is 0 Å². The van der Waals surface area contributed by atoms with E-state index in [4.69, 9.17) is 10.5 Å². The Labute approximate surface area is 123 Å². The highest BCUT2D eigenvalue weighted by Gasteiger charge is 2.17. The zero-order valence-electron chi connectivity index (χ0n) is 12.0. The van der Waals surface area contributed by atoms with Crippen molar-refractivity contribution in [2.45, 2.75) is 6.54 Å². The highest BCUT2D eigenvalue weighted by molar-refractivity contribution is 6.06. The Bertz CT molecular complexity index is 656. The maximum absolute atomic E-state index is 12.5. The number of aromatic hydroxyl groups is 1. The summed E-state index contributed by atoms with van der Waals surface area (Å²) in [5, 5.41) is 9.78. The van der Waals surface area contributed by atoms with Crippen molar-refractivity contribution in [2.75, 3.05) is 19.1 Å². The third kappa shape index (κ3) is 2.98. The van der Waals surface area contributed by atoms with Gasteiger partial charge in [-0.1, -0.05) is 18.2 Å². The van der Waals surface area contributed by atoms with E-state index >= 15 is 0 Å². The van der Waals surface area contributed by atoms with Gasteiger partial charge in [0.15, 0.2) is 11.5 Å². The van der Waals surface area contributed by atoms with Gasteiger partial charge in [0.25, 0.3) is 5.91 Å². The number of nitrogens with two attached hydrogens (primary N) is 1. The second-order valence-corrected chi connectivity index (χ2v) is 4.58. The maximum Gasteiger partial charge on any atom is 0.258 e. The molecule has 0 aliphatic rings. The highest BCUT2D eigenvalue weighted by atomic mass is 16.5. The molecule has 0 spiro atoms. The van der Waals surface area contributed by atoms with Gasteiger partial charge >= 0.3 is 0 Å². The van der Waals surface area contributed by atoms with Crippen LogP contribution in [-0.2, 0) is 6.54 Å². The summed E-state index contributed by atoms with van der Waals surface area (Å²) in [6, 6.07) is 12.0. The van der Waals surface area contributed by atoms with E-state index in [1.807, 2.05) is 24.3 Å². The van der Waals surface area contributed by atoms with Gasteiger partial charge in [0.2, 0.25) is 0 Å². The van der Waals surface area contributed by atoms with Gasteiger partial charge in [0.05, 0.1) is 7.11 Å². The monoisotopic (exact) mass is 286 g/mol. The third-order valence-electron chi connectivity index (χ3n) is 3.30. The van der Waals surface area contributed by atoms with Crippen molar-refractivity contribution < 1.29 is 14.6 Å². The van der Waals surface area contributed by atoms with Gasteiger partial charge in [-0.05, 0) is 29.8 Å². The summed E-state index contributed by atoms with van der Waals surface area (Å²) in [6.45, 7) is 0.349. The second kappa shape index (κ2) is 6.28. The van der Waals surface area contributed by atoms with Gasteiger partial charge < -0.3 is 20.5 Å². The van der Waals surface area contributed by atoms with Gasteiger partial charge in [-0.15, -0.1) is 0 Å². The molecule has 1 amide bonds. The van der Waals surface area contributed by atoms with Gasteiger partial charge in [0.1, 0.15) is 0 Å². The molecule has 0 fully saturated rings. The summed E-state index contributed by atoms with van der Waals surface area (Å²) in [6.07, 6.45) is 0. The molecule has 0 atom stereocenters. The van der Waals surface area contributed by atoms with Crippen molar-refractivity contribution in [3.63, 3.8) is 0 Å². The largest absolute Gasteiger partial charge is 0.504 e. The van der Waals surface area contributed by atoms with Gasteiger partial charge in [-0.2, -0.15) is 0 Å². The molecule has 0 aliphatic carbocycles. The Morgan fingerprint density at radius 2 is 2.00 bits per heavy atom. The zero-order chi connectivity index (χ0) is 15.4. The summed E-state index contributed by atoms with van der Waals surface area (Å²) >= 11 is 0. The van der Waals surface area contributed by atoms with Crippen LogP contribution in [0.4, 0.5) is 5.69 Å². The summed E-state index contributed by atoms with van der Waals surface area (Å²) in [4.78, 5) is 14.0. The zero-order valence-corrected chi connectivity index (χ0v) is 12.0. The molecule has 0 aliphatic heterocycles. The number of ether oxygens (including phenoxy) is 1.